The molecule has 6 heteroatoms. The molecule has 6 nitrogen and oxygen atoms in total. The molecule has 102 valence electrons. The monoisotopic (exact) mass is 269 g/mol. The molecule has 0 aliphatic carbocycles. The maximum absolute atomic E-state index is 11.9. The zero-order chi connectivity index (χ0) is 14.4. The highest BCUT2D eigenvalue weighted by atomic mass is 16.2. The molecule has 0 aliphatic heterocycles. The van der Waals surface area contributed by atoms with Crippen LogP contribution in [0.25, 0.3) is 0 Å². The number of nitrogens with zero attached hydrogens (tertiary/aromatic N) is 3. The molecule has 0 aliphatic rings. The normalized spacial score (nSPS) is 9.70. The smallest absolute Gasteiger partial charge is 0.246 e. The van der Waals surface area contributed by atoms with Gasteiger partial charge in [-0.05, 0) is 24.6 Å². The van der Waals surface area contributed by atoms with Crippen LogP contribution in [0.4, 0.5) is 5.69 Å². The number of carbonyl (C=O) groups excluding carboxylic acids is 1. The molecule has 0 radical (unpaired) electrons. The Balaban J connectivity index is 2.14. The summed E-state index contributed by atoms with van der Waals surface area (Å²) in [7, 11) is 0. The van der Waals surface area contributed by atoms with Gasteiger partial charge in [-0.15, -0.1) is 0 Å². The largest absolute Gasteiger partial charge is 0.323 e. The van der Waals surface area contributed by atoms with Crippen LogP contribution >= 0.6 is 0 Å². The molecule has 2 aromatic rings. The van der Waals surface area contributed by atoms with E-state index >= 15 is 0 Å². The van der Waals surface area contributed by atoms with Gasteiger partial charge in [-0.2, -0.15) is 5.10 Å². The number of benzene rings is 1. The molecule has 1 heterocycles. The molecule has 0 atom stereocenters. The maximum Gasteiger partial charge on any atom is 0.246 e. The molecule has 0 fully saturated rings. The summed E-state index contributed by atoms with van der Waals surface area (Å²) >= 11 is 0. The second-order valence-corrected chi connectivity index (χ2v) is 4.20. The van der Waals surface area contributed by atoms with Crippen molar-refractivity contribution < 1.29 is 4.79 Å². The topological polar surface area (TPSA) is 85.8 Å². The Morgan fingerprint density at radius 2 is 2.35 bits per heavy atom. The van der Waals surface area contributed by atoms with Crippen LogP contribution < -0.4 is 11.1 Å². The zero-order valence-corrected chi connectivity index (χ0v) is 11.1. The number of carbonyl (C=O) groups is 1. The van der Waals surface area contributed by atoms with Crippen molar-refractivity contribution in [2.45, 2.75) is 13.5 Å². The average molecular weight is 269 g/mol. The Hall–Kier alpha value is -2.65. The van der Waals surface area contributed by atoms with Crippen LogP contribution in [0.5, 0.6) is 0 Å². The molecule has 1 aromatic carbocycles. The van der Waals surface area contributed by atoms with Crippen LogP contribution in [0.3, 0.4) is 0 Å². The minimum atomic E-state index is -0.185. The minimum absolute atomic E-state index is 0.109. The summed E-state index contributed by atoms with van der Waals surface area (Å²) in [5, 5.41) is 6.70. The van der Waals surface area contributed by atoms with Gasteiger partial charge in [-0.1, -0.05) is 17.9 Å². The van der Waals surface area contributed by atoms with Crippen molar-refractivity contribution in [3.05, 3.63) is 42.0 Å². The molecule has 1 amide bonds. The zero-order valence-electron chi connectivity index (χ0n) is 11.1. The SMILES string of the molecule is Cc1ccc(NC(=O)Cn2cncn2)c(C#CCN)c1. The Kier molecular flexibility index (Phi) is 4.47. The van der Waals surface area contributed by atoms with E-state index in [4.69, 9.17) is 5.73 Å². The van der Waals surface area contributed by atoms with Gasteiger partial charge in [0.1, 0.15) is 19.2 Å². The van der Waals surface area contributed by atoms with Gasteiger partial charge in [0.15, 0.2) is 0 Å². The molecular formula is C14H15N5O. The molecule has 1 aromatic heterocycles. The highest BCUT2D eigenvalue weighted by molar-refractivity contribution is 5.92. The van der Waals surface area contributed by atoms with Crippen molar-refractivity contribution in [1.82, 2.24) is 14.8 Å². The number of nitrogens with two attached hydrogens (primary N) is 1. The Bertz CT molecular complexity index is 652. The van der Waals surface area contributed by atoms with Gasteiger partial charge < -0.3 is 11.1 Å². The number of anilines is 1. The highest BCUT2D eigenvalue weighted by Crippen LogP contribution is 2.16. The number of amides is 1. The lowest BCUT2D eigenvalue weighted by atomic mass is 10.1. The van der Waals surface area contributed by atoms with Gasteiger partial charge in [-0.25, -0.2) is 9.67 Å². The summed E-state index contributed by atoms with van der Waals surface area (Å²) in [6, 6.07) is 5.65. The van der Waals surface area contributed by atoms with Crippen molar-refractivity contribution in [1.29, 1.82) is 0 Å². The molecular weight excluding hydrogens is 254 g/mol. The Morgan fingerprint density at radius 3 is 3.05 bits per heavy atom. The third-order valence-corrected chi connectivity index (χ3v) is 2.55. The van der Waals surface area contributed by atoms with Gasteiger partial charge in [0, 0.05) is 5.56 Å². The second-order valence-electron chi connectivity index (χ2n) is 4.20. The van der Waals surface area contributed by atoms with Crippen molar-refractivity contribution in [3.8, 4) is 11.8 Å². The number of hydrogen-bond acceptors (Lipinski definition) is 4. The fraction of sp³-hybridized carbons (Fsp3) is 0.214. The minimum Gasteiger partial charge on any atom is -0.323 e. The maximum atomic E-state index is 11.9. The molecule has 0 saturated heterocycles. The van der Waals surface area contributed by atoms with Gasteiger partial charge >= 0.3 is 0 Å². The van der Waals surface area contributed by atoms with Crippen molar-refractivity contribution >= 4 is 11.6 Å². The first-order valence-electron chi connectivity index (χ1n) is 6.11. The molecule has 3 N–H and O–H groups in total. The van der Waals surface area contributed by atoms with Crippen molar-refractivity contribution in [3.63, 3.8) is 0 Å². The summed E-state index contributed by atoms with van der Waals surface area (Å²) in [4.78, 5) is 15.7. The molecule has 20 heavy (non-hydrogen) atoms. The van der Waals surface area contributed by atoms with Crippen molar-refractivity contribution in [2.24, 2.45) is 5.73 Å². The van der Waals surface area contributed by atoms with E-state index in [1.807, 2.05) is 25.1 Å². The molecule has 0 saturated carbocycles. The predicted octanol–water partition coefficient (Wildman–Crippen LogP) is 0.535. The summed E-state index contributed by atoms with van der Waals surface area (Å²) in [6.45, 7) is 2.35. The number of hydrogen-bond donors (Lipinski definition) is 2. The second kappa shape index (κ2) is 6.50. The fourth-order valence-electron chi connectivity index (χ4n) is 1.67. The first kappa shape index (κ1) is 13.8. The number of nitrogens with one attached hydrogen (secondary N) is 1. The van der Waals surface area contributed by atoms with Crippen LogP contribution in [-0.4, -0.2) is 27.2 Å². The summed E-state index contributed by atoms with van der Waals surface area (Å²) in [6.07, 6.45) is 2.88. The predicted molar refractivity (Wildman–Crippen MR) is 75.8 cm³/mol. The quantitative estimate of drug-likeness (QED) is 0.796. The van der Waals surface area contributed by atoms with Crippen LogP contribution in [0.15, 0.2) is 30.9 Å². The lowest BCUT2D eigenvalue weighted by Crippen LogP contribution is -2.19. The summed E-state index contributed by atoms with van der Waals surface area (Å²) in [5.74, 6) is 5.56. The molecule has 0 spiro atoms. The number of aryl methyl sites for hydroxylation is 1. The standard InChI is InChI=1S/C14H15N5O/c1-11-4-5-13(12(7-11)3-2-6-15)18-14(20)8-19-10-16-9-17-19/h4-5,7,9-10H,6,8,15H2,1H3,(H,18,20). The third kappa shape index (κ3) is 3.67. The van der Waals surface area contributed by atoms with Crippen LogP contribution in [-0.2, 0) is 11.3 Å². The average Bonchev–Trinajstić information content (AvgIpc) is 2.91. The van der Waals surface area contributed by atoms with Crippen LogP contribution in [0.2, 0.25) is 0 Å². The molecule has 0 bridgehead atoms. The van der Waals surface area contributed by atoms with E-state index in [1.54, 1.807) is 0 Å². The summed E-state index contributed by atoms with van der Waals surface area (Å²) < 4.78 is 1.45. The van der Waals surface area contributed by atoms with Gasteiger partial charge in [0.25, 0.3) is 0 Å². The third-order valence-electron chi connectivity index (χ3n) is 2.55. The molecule has 0 unspecified atom stereocenters. The summed E-state index contributed by atoms with van der Waals surface area (Å²) in [5.41, 5.74) is 7.87. The van der Waals surface area contributed by atoms with E-state index in [1.165, 1.54) is 17.3 Å². The first-order valence-corrected chi connectivity index (χ1v) is 6.11. The van der Waals surface area contributed by atoms with Gasteiger partial charge in [0.2, 0.25) is 5.91 Å². The number of aromatic nitrogens is 3. The molecule has 2 rings (SSSR count). The van der Waals surface area contributed by atoms with Crippen LogP contribution in [0.1, 0.15) is 11.1 Å². The van der Waals surface area contributed by atoms with E-state index in [2.05, 4.69) is 27.2 Å². The van der Waals surface area contributed by atoms with Crippen molar-refractivity contribution in [2.75, 3.05) is 11.9 Å². The van der Waals surface area contributed by atoms with Gasteiger partial charge in [-0.3, -0.25) is 4.79 Å². The lowest BCUT2D eigenvalue weighted by Gasteiger charge is -2.08. The van der Waals surface area contributed by atoms with E-state index in [0.29, 0.717) is 5.69 Å². The van der Waals surface area contributed by atoms with E-state index in [9.17, 15) is 4.79 Å². The van der Waals surface area contributed by atoms with E-state index in [-0.39, 0.29) is 19.0 Å². The van der Waals surface area contributed by atoms with E-state index in [0.717, 1.165) is 11.1 Å². The van der Waals surface area contributed by atoms with Crippen LogP contribution in [0, 0.1) is 18.8 Å². The van der Waals surface area contributed by atoms with Gasteiger partial charge in [0.05, 0.1) is 12.2 Å². The first-order chi connectivity index (χ1) is 9.69. The Morgan fingerprint density at radius 1 is 1.50 bits per heavy atom. The lowest BCUT2D eigenvalue weighted by molar-refractivity contribution is -0.116. The Labute approximate surface area is 117 Å². The number of rotatable bonds is 3. The highest BCUT2D eigenvalue weighted by Gasteiger charge is 2.07. The fourth-order valence-corrected chi connectivity index (χ4v) is 1.67. The van der Waals surface area contributed by atoms with E-state index < -0.39 is 0 Å².